The van der Waals surface area contributed by atoms with Crippen LogP contribution in [0.4, 0.5) is 18.9 Å². The van der Waals surface area contributed by atoms with E-state index in [0.717, 1.165) is 11.6 Å². The standard InChI is InChI=1S/C15H13ClF3N3O.C2H6/c1-8-6-20-22-9(2)7-21(14(23)13(8)22)10-3-4-11(12(16)5-10)15(17,18)19;1-2/h3-6,9H,7H2,1-2H3;1-2H3. The molecule has 25 heavy (non-hydrogen) atoms. The first-order chi connectivity index (χ1) is 11.7. The van der Waals surface area contributed by atoms with Crippen LogP contribution in [0.15, 0.2) is 24.4 Å². The molecule has 0 saturated carbocycles. The van der Waals surface area contributed by atoms with Gasteiger partial charge in [0, 0.05) is 17.8 Å². The summed E-state index contributed by atoms with van der Waals surface area (Å²) in [6.07, 6.45) is -2.92. The third-order valence-corrected chi connectivity index (χ3v) is 4.17. The number of hydrogen-bond acceptors (Lipinski definition) is 2. The number of aromatic nitrogens is 2. The molecule has 0 fully saturated rings. The fourth-order valence-electron chi connectivity index (χ4n) is 2.73. The normalized spacial score (nSPS) is 17.0. The van der Waals surface area contributed by atoms with Crippen LogP contribution in [0.2, 0.25) is 5.02 Å². The topological polar surface area (TPSA) is 38.1 Å². The molecule has 1 aromatic carbocycles. The van der Waals surface area contributed by atoms with Crippen molar-refractivity contribution < 1.29 is 18.0 Å². The highest BCUT2D eigenvalue weighted by molar-refractivity contribution is 6.31. The molecule has 0 bridgehead atoms. The van der Waals surface area contributed by atoms with Crippen LogP contribution >= 0.6 is 11.6 Å². The molecule has 1 aliphatic rings. The molecule has 1 aliphatic heterocycles. The molecule has 0 saturated heterocycles. The molecular weight excluding hydrogens is 355 g/mol. The zero-order valence-corrected chi connectivity index (χ0v) is 15.1. The smallest absolute Gasteiger partial charge is 0.305 e. The van der Waals surface area contributed by atoms with Gasteiger partial charge in [0.05, 0.1) is 22.8 Å². The molecule has 1 aromatic heterocycles. The van der Waals surface area contributed by atoms with Crippen molar-refractivity contribution in [1.29, 1.82) is 0 Å². The lowest BCUT2D eigenvalue weighted by atomic mass is 10.1. The Balaban J connectivity index is 0.00000109. The molecule has 4 nitrogen and oxygen atoms in total. The summed E-state index contributed by atoms with van der Waals surface area (Å²) in [5.41, 5.74) is 0.595. The number of nitrogens with zero attached hydrogens (tertiary/aromatic N) is 3. The van der Waals surface area contributed by atoms with E-state index >= 15 is 0 Å². The van der Waals surface area contributed by atoms with Gasteiger partial charge in [0.15, 0.2) is 0 Å². The summed E-state index contributed by atoms with van der Waals surface area (Å²) >= 11 is 5.75. The van der Waals surface area contributed by atoms with Crippen molar-refractivity contribution in [3.05, 3.63) is 46.2 Å². The lowest BCUT2D eigenvalue weighted by Crippen LogP contribution is -2.43. The van der Waals surface area contributed by atoms with E-state index in [0.29, 0.717) is 17.9 Å². The van der Waals surface area contributed by atoms with Gasteiger partial charge in [-0.1, -0.05) is 25.4 Å². The van der Waals surface area contributed by atoms with Gasteiger partial charge in [-0.05, 0) is 32.0 Å². The number of anilines is 1. The highest BCUT2D eigenvalue weighted by Gasteiger charge is 2.35. The van der Waals surface area contributed by atoms with E-state index in [2.05, 4.69) is 5.10 Å². The lowest BCUT2D eigenvalue weighted by Gasteiger charge is -2.32. The quantitative estimate of drug-likeness (QED) is 0.696. The van der Waals surface area contributed by atoms with E-state index in [9.17, 15) is 18.0 Å². The first-order valence-corrected chi connectivity index (χ1v) is 8.30. The van der Waals surface area contributed by atoms with Crippen LogP contribution in [0.5, 0.6) is 0 Å². The second kappa shape index (κ2) is 7.07. The summed E-state index contributed by atoms with van der Waals surface area (Å²) in [4.78, 5) is 14.1. The van der Waals surface area contributed by atoms with Crippen LogP contribution in [-0.4, -0.2) is 22.2 Å². The van der Waals surface area contributed by atoms with E-state index in [1.807, 2.05) is 20.8 Å². The minimum absolute atomic E-state index is 0.0857. The summed E-state index contributed by atoms with van der Waals surface area (Å²) in [5, 5.41) is 3.75. The van der Waals surface area contributed by atoms with Gasteiger partial charge in [-0.2, -0.15) is 18.3 Å². The molecule has 0 spiro atoms. The van der Waals surface area contributed by atoms with Crippen LogP contribution < -0.4 is 4.90 Å². The van der Waals surface area contributed by atoms with Gasteiger partial charge in [-0.15, -0.1) is 0 Å². The molecule has 3 rings (SSSR count). The van der Waals surface area contributed by atoms with Gasteiger partial charge in [0.1, 0.15) is 5.69 Å². The molecule has 2 aromatic rings. The molecule has 1 unspecified atom stereocenters. The van der Waals surface area contributed by atoms with Crippen molar-refractivity contribution in [2.75, 3.05) is 11.4 Å². The molecule has 1 amide bonds. The fraction of sp³-hybridized carbons (Fsp3) is 0.412. The van der Waals surface area contributed by atoms with Crippen molar-refractivity contribution in [2.24, 2.45) is 0 Å². The Morgan fingerprint density at radius 1 is 1.28 bits per heavy atom. The average Bonchev–Trinajstić information content (AvgIpc) is 2.94. The predicted octanol–water partition coefficient (Wildman–Crippen LogP) is 5.11. The zero-order chi connectivity index (χ0) is 18.9. The first-order valence-electron chi connectivity index (χ1n) is 7.93. The lowest BCUT2D eigenvalue weighted by molar-refractivity contribution is -0.137. The number of alkyl halides is 3. The number of fused-ring (bicyclic) bond motifs is 1. The second-order valence-electron chi connectivity index (χ2n) is 5.55. The monoisotopic (exact) mass is 373 g/mol. The molecular formula is C17H19ClF3N3O. The number of amides is 1. The van der Waals surface area contributed by atoms with Gasteiger partial charge >= 0.3 is 6.18 Å². The predicted molar refractivity (Wildman–Crippen MR) is 91.2 cm³/mol. The van der Waals surface area contributed by atoms with Crippen LogP contribution in [0.25, 0.3) is 0 Å². The van der Waals surface area contributed by atoms with Crippen molar-refractivity contribution in [3.63, 3.8) is 0 Å². The number of carbonyl (C=O) groups excluding carboxylic acids is 1. The second-order valence-corrected chi connectivity index (χ2v) is 5.95. The molecule has 0 radical (unpaired) electrons. The van der Waals surface area contributed by atoms with E-state index < -0.39 is 16.8 Å². The van der Waals surface area contributed by atoms with Crippen LogP contribution in [0.1, 0.15) is 48.4 Å². The third-order valence-electron chi connectivity index (χ3n) is 3.86. The summed E-state index contributed by atoms with van der Waals surface area (Å²) in [7, 11) is 0. The Kier molecular flexibility index (Phi) is 5.46. The molecule has 0 N–H and O–H groups in total. The number of rotatable bonds is 1. The molecule has 2 heterocycles. The summed E-state index contributed by atoms with van der Waals surface area (Å²) in [5.74, 6) is -0.297. The Morgan fingerprint density at radius 2 is 1.92 bits per heavy atom. The fourth-order valence-corrected chi connectivity index (χ4v) is 3.01. The maximum absolute atomic E-state index is 12.8. The number of halogens is 4. The third kappa shape index (κ3) is 3.51. The molecule has 0 aliphatic carbocycles. The van der Waals surface area contributed by atoms with Crippen molar-refractivity contribution >= 4 is 23.2 Å². The zero-order valence-electron chi connectivity index (χ0n) is 14.4. The van der Waals surface area contributed by atoms with E-state index in [1.165, 1.54) is 17.0 Å². The molecule has 8 heteroatoms. The SMILES string of the molecule is CC.Cc1cnn2c1C(=O)N(c1ccc(C(F)(F)F)c(Cl)c1)CC2C. The average molecular weight is 374 g/mol. The Hall–Kier alpha value is -2.02. The summed E-state index contributed by atoms with van der Waals surface area (Å²) in [6.45, 7) is 7.97. The van der Waals surface area contributed by atoms with Gasteiger partial charge < -0.3 is 4.90 Å². The highest BCUT2D eigenvalue weighted by Crippen LogP contribution is 2.37. The van der Waals surface area contributed by atoms with Crippen molar-refractivity contribution in [2.45, 2.75) is 39.9 Å². The van der Waals surface area contributed by atoms with Crippen LogP contribution in [-0.2, 0) is 6.18 Å². The van der Waals surface area contributed by atoms with Crippen LogP contribution in [0, 0.1) is 6.92 Å². The summed E-state index contributed by atoms with van der Waals surface area (Å²) < 4.78 is 40.0. The Bertz CT molecular complexity index is 786. The minimum atomic E-state index is -4.52. The van der Waals surface area contributed by atoms with Gasteiger partial charge in [0.25, 0.3) is 5.91 Å². The van der Waals surface area contributed by atoms with Crippen molar-refractivity contribution in [1.82, 2.24) is 9.78 Å². The minimum Gasteiger partial charge on any atom is -0.305 e. The molecule has 1 atom stereocenters. The number of aryl methyl sites for hydroxylation is 1. The van der Waals surface area contributed by atoms with Crippen LogP contribution in [0.3, 0.4) is 0 Å². The van der Waals surface area contributed by atoms with Gasteiger partial charge in [0.2, 0.25) is 0 Å². The van der Waals surface area contributed by atoms with E-state index in [1.54, 1.807) is 17.8 Å². The van der Waals surface area contributed by atoms with E-state index in [-0.39, 0.29) is 11.9 Å². The maximum Gasteiger partial charge on any atom is 0.417 e. The largest absolute Gasteiger partial charge is 0.417 e. The first kappa shape index (κ1) is 19.3. The molecule has 136 valence electrons. The Morgan fingerprint density at radius 3 is 2.48 bits per heavy atom. The van der Waals surface area contributed by atoms with Crippen molar-refractivity contribution in [3.8, 4) is 0 Å². The van der Waals surface area contributed by atoms with Gasteiger partial charge in [-0.25, -0.2) is 0 Å². The highest BCUT2D eigenvalue weighted by atomic mass is 35.5. The van der Waals surface area contributed by atoms with Gasteiger partial charge in [-0.3, -0.25) is 9.48 Å². The number of hydrogen-bond donors (Lipinski definition) is 0. The maximum atomic E-state index is 12.8. The summed E-state index contributed by atoms with van der Waals surface area (Å²) in [6, 6.07) is 3.25. The van der Waals surface area contributed by atoms with E-state index in [4.69, 9.17) is 11.6 Å². The number of benzene rings is 1. The number of carbonyl (C=O) groups is 1. The Labute approximate surface area is 149 Å².